The predicted molar refractivity (Wildman–Crippen MR) is 84.1 cm³/mol. The topological polar surface area (TPSA) is 74.8 Å². The summed E-state index contributed by atoms with van der Waals surface area (Å²) >= 11 is 6.59. The van der Waals surface area contributed by atoms with Gasteiger partial charge in [-0.15, -0.1) is 11.3 Å². The number of anilines is 1. The number of hydrogen-bond donors (Lipinski definition) is 2. The highest BCUT2D eigenvalue weighted by atomic mass is 35.5. The lowest BCUT2D eigenvalue weighted by Crippen LogP contribution is -2.11. The van der Waals surface area contributed by atoms with E-state index in [1.807, 2.05) is 0 Å². The van der Waals surface area contributed by atoms with Crippen LogP contribution in [-0.4, -0.2) is 18.6 Å². The Morgan fingerprint density at radius 1 is 1.17 bits per heavy atom. The summed E-state index contributed by atoms with van der Waals surface area (Å²) in [5.41, 5.74) is -0.299. The first-order valence-corrected chi connectivity index (χ1v) is 8.82. The van der Waals surface area contributed by atoms with Gasteiger partial charge in [-0.1, -0.05) is 17.7 Å². The Morgan fingerprint density at radius 3 is 2.48 bits per heavy atom. The van der Waals surface area contributed by atoms with E-state index in [0.29, 0.717) is 4.34 Å². The highest BCUT2D eigenvalue weighted by Gasteiger charge is 2.20. The quantitative estimate of drug-likeness (QED) is 0.726. The lowest BCUT2D eigenvalue weighted by atomic mass is 10.1. The summed E-state index contributed by atoms with van der Waals surface area (Å²) < 4.78 is 54.2. The molecule has 2 heterocycles. The van der Waals surface area contributed by atoms with Crippen LogP contribution in [0.15, 0.2) is 40.6 Å². The van der Waals surface area contributed by atoms with E-state index >= 15 is 0 Å². The third-order valence-corrected chi connectivity index (χ3v) is 5.94. The monoisotopic (exact) mass is 375 g/mol. The molecule has 3 aromatic rings. The van der Waals surface area contributed by atoms with E-state index in [9.17, 15) is 17.2 Å². The molecule has 0 aliphatic carbocycles. The van der Waals surface area contributed by atoms with E-state index in [0.717, 1.165) is 23.5 Å². The zero-order chi connectivity index (χ0) is 16.6. The average Bonchev–Trinajstić information content (AvgIpc) is 3.08. The van der Waals surface area contributed by atoms with Crippen LogP contribution in [0.2, 0.25) is 4.34 Å². The van der Waals surface area contributed by atoms with Crippen LogP contribution in [-0.2, 0) is 10.0 Å². The van der Waals surface area contributed by atoms with Crippen molar-refractivity contribution < 1.29 is 17.2 Å². The molecule has 120 valence electrons. The van der Waals surface area contributed by atoms with Crippen molar-refractivity contribution in [3.05, 3.63) is 52.4 Å². The minimum Gasteiger partial charge on any atom is -0.275 e. The molecule has 0 aliphatic rings. The van der Waals surface area contributed by atoms with Crippen molar-refractivity contribution >= 4 is 38.8 Å². The number of rotatable bonds is 4. The van der Waals surface area contributed by atoms with Gasteiger partial charge >= 0.3 is 0 Å². The fourth-order valence-electron chi connectivity index (χ4n) is 1.89. The summed E-state index contributed by atoms with van der Waals surface area (Å²) in [6.07, 6.45) is 0. The first-order chi connectivity index (χ1) is 10.9. The highest BCUT2D eigenvalue weighted by molar-refractivity contribution is 7.94. The van der Waals surface area contributed by atoms with Crippen molar-refractivity contribution in [3.63, 3.8) is 0 Å². The van der Waals surface area contributed by atoms with Crippen LogP contribution in [0, 0.1) is 11.6 Å². The number of aromatic nitrogens is 2. The molecule has 5 nitrogen and oxygen atoms in total. The number of benzene rings is 1. The van der Waals surface area contributed by atoms with Gasteiger partial charge in [0, 0.05) is 6.07 Å². The number of H-pyrrole nitrogens is 1. The average molecular weight is 376 g/mol. The first-order valence-electron chi connectivity index (χ1n) is 6.15. The van der Waals surface area contributed by atoms with Crippen LogP contribution in [0.25, 0.3) is 11.3 Å². The summed E-state index contributed by atoms with van der Waals surface area (Å²) in [6.45, 7) is 0. The van der Waals surface area contributed by atoms with Crippen molar-refractivity contribution in [2.45, 2.75) is 4.21 Å². The van der Waals surface area contributed by atoms with E-state index in [-0.39, 0.29) is 21.3 Å². The van der Waals surface area contributed by atoms with E-state index in [4.69, 9.17) is 11.6 Å². The number of nitrogens with zero attached hydrogens (tertiary/aromatic N) is 1. The second-order valence-electron chi connectivity index (χ2n) is 4.43. The van der Waals surface area contributed by atoms with E-state index in [1.165, 1.54) is 24.3 Å². The maximum atomic E-state index is 13.7. The molecule has 0 spiro atoms. The molecule has 0 saturated heterocycles. The summed E-state index contributed by atoms with van der Waals surface area (Å²) in [4.78, 5) is 0. The summed E-state index contributed by atoms with van der Waals surface area (Å²) in [5, 5.41) is 6.12. The highest BCUT2D eigenvalue weighted by Crippen LogP contribution is 2.29. The van der Waals surface area contributed by atoms with Crippen LogP contribution in [0.1, 0.15) is 0 Å². The molecule has 1 aromatic carbocycles. The fraction of sp³-hybridized carbons (Fsp3) is 0. The predicted octanol–water partition coefficient (Wildman–Crippen LogP) is 3.87. The summed E-state index contributed by atoms with van der Waals surface area (Å²) in [7, 11) is -3.87. The minimum atomic E-state index is -3.87. The molecule has 2 aromatic heterocycles. The molecular weight excluding hydrogens is 368 g/mol. The number of aromatic amines is 1. The molecule has 0 radical (unpaired) electrons. The van der Waals surface area contributed by atoms with Crippen molar-refractivity contribution in [2.24, 2.45) is 0 Å². The molecule has 0 fully saturated rings. The van der Waals surface area contributed by atoms with Crippen LogP contribution < -0.4 is 4.72 Å². The second kappa shape index (κ2) is 5.91. The Balaban J connectivity index is 1.91. The first kappa shape index (κ1) is 15.9. The second-order valence-corrected chi connectivity index (χ2v) is 8.05. The SMILES string of the molecule is O=S(=O)(Nc1cc(-c2c(F)cccc2F)[nH]n1)c1ccc(Cl)s1. The molecule has 3 rings (SSSR count). The lowest BCUT2D eigenvalue weighted by Gasteiger charge is -2.02. The smallest absolute Gasteiger partial charge is 0.272 e. The maximum absolute atomic E-state index is 13.7. The molecule has 0 bridgehead atoms. The normalized spacial score (nSPS) is 11.6. The van der Waals surface area contributed by atoms with Crippen molar-refractivity contribution in [1.29, 1.82) is 0 Å². The zero-order valence-corrected chi connectivity index (χ0v) is 13.6. The molecule has 0 atom stereocenters. The zero-order valence-electron chi connectivity index (χ0n) is 11.2. The van der Waals surface area contributed by atoms with Crippen LogP contribution >= 0.6 is 22.9 Å². The fourth-order valence-corrected chi connectivity index (χ4v) is 4.36. The molecule has 0 amide bonds. The molecule has 2 N–H and O–H groups in total. The van der Waals surface area contributed by atoms with Gasteiger partial charge in [0.25, 0.3) is 10.0 Å². The van der Waals surface area contributed by atoms with Gasteiger partial charge in [-0.3, -0.25) is 9.82 Å². The van der Waals surface area contributed by atoms with Gasteiger partial charge in [0.15, 0.2) is 5.82 Å². The van der Waals surface area contributed by atoms with Crippen LogP contribution in [0.5, 0.6) is 0 Å². The third-order valence-electron chi connectivity index (χ3n) is 2.86. The van der Waals surface area contributed by atoms with Crippen molar-refractivity contribution in [3.8, 4) is 11.3 Å². The Hall–Kier alpha value is -1.97. The summed E-state index contributed by atoms with van der Waals surface area (Å²) in [6, 6.07) is 7.42. The van der Waals surface area contributed by atoms with E-state index in [2.05, 4.69) is 14.9 Å². The van der Waals surface area contributed by atoms with Gasteiger partial charge < -0.3 is 0 Å². The van der Waals surface area contributed by atoms with Crippen molar-refractivity contribution in [1.82, 2.24) is 10.2 Å². The standard InChI is InChI=1S/C13H8ClF2N3O2S2/c14-10-4-5-12(22-10)23(20,21)19-11-6-9(17-18-11)13-7(15)2-1-3-8(13)16/h1-6H,(H2,17,18,19). The van der Waals surface area contributed by atoms with Gasteiger partial charge in [-0.2, -0.15) is 5.10 Å². The van der Waals surface area contributed by atoms with Gasteiger partial charge in [0.2, 0.25) is 0 Å². The van der Waals surface area contributed by atoms with Crippen LogP contribution in [0.4, 0.5) is 14.6 Å². The van der Waals surface area contributed by atoms with Gasteiger partial charge in [0.1, 0.15) is 15.8 Å². The molecule has 0 saturated carbocycles. The summed E-state index contributed by atoms with van der Waals surface area (Å²) in [5.74, 6) is -1.66. The number of nitrogens with one attached hydrogen (secondary N) is 2. The van der Waals surface area contributed by atoms with Gasteiger partial charge in [0.05, 0.1) is 15.6 Å². The molecule has 23 heavy (non-hydrogen) atoms. The molecule has 0 aliphatic heterocycles. The molecule has 0 unspecified atom stereocenters. The Labute approximate surface area is 139 Å². The Kier molecular flexibility index (Phi) is 4.09. The number of hydrogen-bond acceptors (Lipinski definition) is 4. The lowest BCUT2D eigenvalue weighted by molar-refractivity contribution is 0.588. The third kappa shape index (κ3) is 3.21. The maximum Gasteiger partial charge on any atom is 0.272 e. The number of halogens is 3. The largest absolute Gasteiger partial charge is 0.275 e. The molecule has 10 heteroatoms. The Morgan fingerprint density at radius 2 is 1.87 bits per heavy atom. The van der Waals surface area contributed by atoms with E-state index in [1.54, 1.807) is 0 Å². The molecular formula is C13H8ClF2N3O2S2. The minimum absolute atomic E-state index is 0.00382. The Bertz CT molecular complexity index is 949. The van der Waals surface area contributed by atoms with Gasteiger partial charge in [-0.05, 0) is 24.3 Å². The van der Waals surface area contributed by atoms with E-state index < -0.39 is 21.7 Å². The van der Waals surface area contributed by atoms with Crippen LogP contribution in [0.3, 0.4) is 0 Å². The number of thiophene rings is 1. The van der Waals surface area contributed by atoms with Crippen molar-refractivity contribution in [2.75, 3.05) is 4.72 Å². The number of sulfonamides is 1. The van der Waals surface area contributed by atoms with Gasteiger partial charge in [-0.25, -0.2) is 17.2 Å².